The molecular formula is C22H23N3O2S. The third-order valence-electron chi connectivity index (χ3n) is 4.67. The second-order valence-corrected chi connectivity index (χ2v) is 8.63. The Kier molecular flexibility index (Phi) is 4.89. The Morgan fingerprint density at radius 2 is 2.07 bits per heavy atom. The van der Waals surface area contributed by atoms with Crippen LogP contribution in [0.3, 0.4) is 0 Å². The van der Waals surface area contributed by atoms with Gasteiger partial charge in [-0.3, -0.25) is 9.78 Å². The molecule has 144 valence electrons. The van der Waals surface area contributed by atoms with Crippen LogP contribution in [0, 0.1) is 12.8 Å². The van der Waals surface area contributed by atoms with Crippen LogP contribution in [0.15, 0.2) is 42.6 Å². The minimum atomic E-state index is -0.464. The monoisotopic (exact) mass is 393 g/mol. The van der Waals surface area contributed by atoms with Crippen molar-refractivity contribution in [2.75, 3.05) is 11.4 Å². The number of hydrogen-bond donors (Lipinski definition) is 0. The first-order valence-corrected chi connectivity index (χ1v) is 10.3. The number of fused-ring (bicyclic) bond motifs is 1. The number of amides is 1. The first-order valence-electron chi connectivity index (χ1n) is 9.45. The molecule has 0 radical (unpaired) electrons. The molecule has 0 bridgehead atoms. The molecule has 6 heteroatoms. The maximum Gasteiger partial charge on any atom is 0.267 e. The first kappa shape index (κ1) is 18.6. The Hall–Kier alpha value is -2.73. The summed E-state index contributed by atoms with van der Waals surface area (Å²) in [6.45, 7) is 8.75. The summed E-state index contributed by atoms with van der Waals surface area (Å²) in [7, 11) is 0. The van der Waals surface area contributed by atoms with E-state index >= 15 is 0 Å². The third kappa shape index (κ3) is 3.40. The van der Waals surface area contributed by atoms with Gasteiger partial charge in [-0.25, -0.2) is 4.98 Å². The highest BCUT2D eigenvalue weighted by Gasteiger charge is 2.32. The molecule has 0 fully saturated rings. The van der Waals surface area contributed by atoms with Gasteiger partial charge >= 0.3 is 0 Å². The van der Waals surface area contributed by atoms with Crippen LogP contribution in [0.25, 0.3) is 22.0 Å². The molecule has 4 rings (SSSR count). The van der Waals surface area contributed by atoms with Gasteiger partial charge < -0.3 is 9.64 Å². The van der Waals surface area contributed by atoms with Crippen molar-refractivity contribution in [2.45, 2.75) is 33.8 Å². The van der Waals surface area contributed by atoms with Crippen LogP contribution < -0.4 is 9.64 Å². The van der Waals surface area contributed by atoms with Gasteiger partial charge in [0.05, 0.1) is 17.1 Å². The SMILES string of the molecule is Cc1sc(-c2ccccn2)nc1-c1ccc2c(c1)N(CC(C)C)C(=O)C(C)O2. The number of nitrogens with zero attached hydrogens (tertiary/aromatic N) is 3. The van der Waals surface area contributed by atoms with Crippen LogP contribution in [0.1, 0.15) is 25.6 Å². The van der Waals surface area contributed by atoms with E-state index in [0.717, 1.165) is 38.3 Å². The van der Waals surface area contributed by atoms with Crippen molar-refractivity contribution in [1.29, 1.82) is 0 Å². The number of ether oxygens (including phenoxy) is 1. The lowest BCUT2D eigenvalue weighted by molar-refractivity contribution is -0.125. The highest BCUT2D eigenvalue weighted by Crippen LogP contribution is 2.40. The van der Waals surface area contributed by atoms with Crippen molar-refractivity contribution in [3.05, 3.63) is 47.5 Å². The predicted octanol–water partition coefficient (Wildman–Crippen LogP) is 4.95. The Morgan fingerprint density at radius 1 is 1.25 bits per heavy atom. The van der Waals surface area contributed by atoms with Crippen LogP contribution >= 0.6 is 11.3 Å². The summed E-state index contributed by atoms with van der Waals surface area (Å²) in [4.78, 5) is 24.9. The van der Waals surface area contributed by atoms with Crippen molar-refractivity contribution >= 4 is 22.9 Å². The van der Waals surface area contributed by atoms with Gasteiger partial charge in [0.2, 0.25) is 0 Å². The maximum atomic E-state index is 12.7. The summed E-state index contributed by atoms with van der Waals surface area (Å²) in [5, 5.41) is 0.894. The van der Waals surface area contributed by atoms with Crippen LogP contribution in [-0.2, 0) is 4.79 Å². The number of pyridine rings is 1. The van der Waals surface area contributed by atoms with Crippen LogP contribution in [0.5, 0.6) is 5.75 Å². The second-order valence-electron chi connectivity index (χ2n) is 7.42. The Bertz CT molecular complexity index is 1010. The van der Waals surface area contributed by atoms with E-state index in [-0.39, 0.29) is 5.91 Å². The molecule has 28 heavy (non-hydrogen) atoms. The van der Waals surface area contributed by atoms with Gasteiger partial charge in [0.25, 0.3) is 5.91 Å². The van der Waals surface area contributed by atoms with Gasteiger partial charge in [-0.2, -0.15) is 0 Å². The van der Waals surface area contributed by atoms with Crippen molar-refractivity contribution in [3.63, 3.8) is 0 Å². The van der Waals surface area contributed by atoms with E-state index in [2.05, 4.69) is 25.8 Å². The molecule has 3 aromatic rings. The van der Waals surface area contributed by atoms with Crippen molar-refractivity contribution in [3.8, 4) is 27.7 Å². The Morgan fingerprint density at radius 3 is 2.79 bits per heavy atom. The summed E-state index contributed by atoms with van der Waals surface area (Å²) < 4.78 is 5.83. The lowest BCUT2D eigenvalue weighted by atomic mass is 10.1. The minimum Gasteiger partial charge on any atom is -0.479 e. The maximum absolute atomic E-state index is 12.7. The molecular weight excluding hydrogens is 370 g/mol. The summed E-state index contributed by atoms with van der Waals surface area (Å²) in [6, 6.07) is 11.8. The number of aromatic nitrogens is 2. The first-order chi connectivity index (χ1) is 13.4. The van der Waals surface area contributed by atoms with Gasteiger partial charge in [0.1, 0.15) is 10.8 Å². The van der Waals surface area contributed by atoms with Gasteiger partial charge in [0, 0.05) is 23.2 Å². The highest BCUT2D eigenvalue weighted by molar-refractivity contribution is 7.15. The van der Waals surface area contributed by atoms with Crippen LogP contribution in [-0.4, -0.2) is 28.5 Å². The molecule has 1 atom stereocenters. The van der Waals surface area contributed by atoms with Crippen molar-refractivity contribution < 1.29 is 9.53 Å². The zero-order valence-corrected chi connectivity index (χ0v) is 17.3. The fourth-order valence-corrected chi connectivity index (χ4v) is 4.28. The molecule has 1 aliphatic heterocycles. The lowest BCUT2D eigenvalue weighted by Crippen LogP contribution is -2.46. The lowest BCUT2D eigenvalue weighted by Gasteiger charge is -2.34. The summed E-state index contributed by atoms with van der Waals surface area (Å²) in [6.07, 6.45) is 1.31. The van der Waals surface area contributed by atoms with Gasteiger partial charge in [0.15, 0.2) is 6.10 Å². The van der Waals surface area contributed by atoms with E-state index in [1.807, 2.05) is 41.3 Å². The molecule has 2 aromatic heterocycles. The van der Waals surface area contributed by atoms with E-state index in [4.69, 9.17) is 9.72 Å². The van der Waals surface area contributed by atoms with E-state index in [0.29, 0.717) is 12.5 Å². The van der Waals surface area contributed by atoms with Gasteiger partial charge in [-0.15, -0.1) is 11.3 Å². The van der Waals surface area contributed by atoms with Crippen molar-refractivity contribution in [1.82, 2.24) is 9.97 Å². The number of hydrogen-bond acceptors (Lipinski definition) is 5. The van der Waals surface area contributed by atoms with Gasteiger partial charge in [-0.05, 0) is 50.1 Å². The van der Waals surface area contributed by atoms with E-state index in [1.165, 1.54) is 0 Å². The molecule has 3 heterocycles. The number of rotatable bonds is 4. The van der Waals surface area contributed by atoms with Crippen molar-refractivity contribution in [2.24, 2.45) is 5.92 Å². The fourth-order valence-electron chi connectivity index (χ4n) is 3.37. The van der Waals surface area contributed by atoms with E-state index in [9.17, 15) is 4.79 Å². The number of aryl methyl sites for hydroxylation is 1. The molecule has 5 nitrogen and oxygen atoms in total. The summed E-state index contributed by atoms with van der Waals surface area (Å²) in [5.74, 6) is 1.11. The predicted molar refractivity (Wildman–Crippen MR) is 113 cm³/mol. The van der Waals surface area contributed by atoms with Gasteiger partial charge in [-0.1, -0.05) is 19.9 Å². The molecule has 0 N–H and O–H groups in total. The largest absolute Gasteiger partial charge is 0.479 e. The summed E-state index contributed by atoms with van der Waals surface area (Å²) >= 11 is 1.63. The molecule has 0 saturated carbocycles. The molecule has 0 saturated heterocycles. The minimum absolute atomic E-state index is 0.00234. The second kappa shape index (κ2) is 7.36. The Labute approximate surface area is 169 Å². The standard InChI is InChI=1S/C22H23N3O2S/c1-13(2)12-25-18-11-16(8-9-19(18)27-14(3)22(25)26)20-15(4)28-21(24-20)17-7-5-6-10-23-17/h5-11,13-14H,12H2,1-4H3. The molecule has 0 spiro atoms. The molecule has 1 aromatic carbocycles. The number of thiazole rings is 1. The molecule has 0 aliphatic carbocycles. The van der Waals surface area contributed by atoms with Crippen LogP contribution in [0.2, 0.25) is 0 Å². The molecule has 1 aliphatic rings. The molecule has 1 unspecified atom stereocenters. The normalized spacial score (nSPS) is 16.2. The Balaban J connectivity index is 1.76. The number of carbonyl (C=O) groups is 1. The smallest absolute Gasteiger partial charge is 0.267 e. The highest BCUT2D eigenvalue weighted by atomic mass is 32.1. The van der Waals surface area contributed by atoms with E-state index in [1.54, 1.807) is 24.5 Å². The number of benzene rings is 1. The number of anilines is 1. The zero-order valence-electron chi connectivity index (χ0n) is 16.5. The van der Waals surface area contributed by atoms with Crippen LogP contribution in [0.4, 0.5) is 5.69 Å². The third-order valence-corrected chi connectivity index (χ3v) is 5.66. The average molecular weight is 394 g/mol. The summed E-state index contributed by atoms with van der Waals surface area (Å²) in [5.41, 5.74) is 3.59. The topological polar surface area (TPSA) is 55.3 Å². The fraction of sp³-hybridized carbons (Fsp3) is 0.318. The zero-order chi connectivity index (χ0) is 19.8. The quantitative estimate of drug-likeness (QED) is 0.629. The van der Waals surface area contributed by atoms with E-state index < -0.39 is 6.10 Å². The average Bonchev–Trinajstić information content (AvgIpc) is 3.07. The number of carbonyl (C=O) groups excluding carboxylic acids is 1. The molecule has 1 amide bonds.